The van der Waals surface area contributed by atoms with E-state index in [0.29, 0.717) is 10.7 Å². The van der Waals surface area contributed by atoms with Crippen LogP contribution in [0, 0.1) is 5.82 Å². The highest BCUT2D eigenvalue weighted by molar-refractivity contribution is 6.33. The zero-order valence-corrected chi connectivity index (χ0v) is 16.0. The minimum absolute atomic E-state index is 0.0275. The first-order valence-electron chi connectivity index (χ1n) is 7.47. The van der Waals surface area contributed by atoms with Crippen molar-refractivity contribution in [2.24, 2.45) is 7.05 Å². The fraction of sp³-hybridized carbons (Fsp3) is 0.118. The van der Waals surface area contributed by atoms with Crippen LogP contribution in [0.2, 0.25) is 15.3 Å². The Morgan fingerprint density at radius 1 is 1.19 bits per heavy atom. The maximum absolute atomic E-state index is 14.6. The third-order valence-electron chi connectivity index (χ3n) is 3.66. The lowest BCUT2D eigenvalue weighted by atomic mass is 10.0. The summed E-state index contributed by atoms with van der Waals surface area (Å²) < 4.78 is 21.1. The van der Waals surface area contributed by atoms with Crippen molar-refractivity contribution >= 4 is 34.8 Å². The molecule has 140 valence electrons. The van der Waals surface area contributed by atoms with Crippen LogP contribution >= 0.6 is 34.8 Å². The maximum atomic E-state index is 14.6. The second-order valence-corrected chi connectivity index (χ2v) is 6.61. The standard InChI is InChI=1S/C17H11Cl3FN3O3/c1-24-17(26)13(14(25)16(20)23-24)12-10(21)4-3-9(18)15(12)27-7-8-2-5-11(19)22-6-8/h2-6,25H,7H2,1H3. The van der Waals surface area contributed by atoms with Crippen LogP contribution in [0.3, 0.4) is 0 Å². The number of pyridine rings is 1. The maximum Gasteiger partial charge on any atom is 0.278 e. The molecule has 0 saturated carbocycles. The number of halogens is 4. The summed E-state index contributed by atoms with van der Waals surface area (Å²) in [6, 6.07) is 5.57. The fourth-order valence-corrected chi connectivity index (χ4v) is 2.90. The molecule has 1 N–H and O–H groups in total. The molecular formula is C17H11Cl3FN3O3. The van der Waals surface area contributed by atoms with E-state index in [1.807, 2.05) is 0 Å². The van der Waals surface area contributed by atoms with Gasteiger partial charge in [-0.1, -0.05) is 40.9 Å². The van der Waals surface area contributed by atoms with Crippen molar-refractivity contribution in [2.75, 3.05) is 0 Å². The third kappa shape index (κ3) is 3.85. The van der Waals surface area contributed by atoms with Gasteiger partial charge in [-0.05, 0) is 18.2 Å². The molecule has 10 heteroatoms. The Morgan fingerprint density at radius 2 is 1.93 bits per heavy atom. The number of benzene rings is 1. The molecule has 0 saturated heterocycles. The van der Waals surface area contributed by atoms with Gasteiger partial charge in [-0.2, -0.15) is 5.10 Å². The van der Waals surface area contributed by atoms with Crippen LogP contribution in [0.4, 0.5) is 4.39 Å². The molecule has 0 spiro atoms. The lowest BCUT2D eigenvalue weighted by Crippen LogP contribution is -2.22. The Bertz CT molecular complexity index is 1070. The molecule has 0 fully saturated rings. The van der Waals surface area contributed by atoms with Gasteiger partial charge in [0.05, 0.1) is 10.6 Å². The number of hydrogen-bond acceptors (Lipinski definition) is 5. The SMILES string of the molecule is Cn1nc(Cl)c(O)c(-c2c(F)ccc(Cl)c2OCc2ccc(Cl)nc2)c1=O. The summed E-state index contributed by atoms with van der Waals surface area (Å²) in [4.78, 5) is 16.4. The molecule has 0 atom stereocenters. The van der Waals surface area contributed by atoms with E-state index in [2.05, 4.69) is 10.1 Å². The van der Waals surface area contributed by atoms with Crippen LogP contribution in [-0.2, 0) is 13.7 Å². The summed E-state index contributed by atoms with van der Waals surface area (Å²) in [5.41, 5.74) is -0.847. The van der Waals surface area contributed by atoms with Crippen molar-refractivity contribution in [3.63, 3.8) is 0 Å². The van der Waals surface area contributed by atoms with Gasteiger partial charge >= 0.3 is 0 Å². The van der Waals surface area contributed by atoms with E-state index in [1.165, 1.54) is 19.3 Å². The fourth-order valence-electron chi connectivity index (χ4n) is 2.37. The van der Waals surface area contributed by atoms with Gasteiger partial charge < -0.3 is 9.84 Å². The minimum atomic E-state index is -0.821. The largest absolute Gasteiger partial charge is 0.504 e. The highest BCUT2D eigenvalue weighted by Gasteiger charge is 2.25. The Hall–Kier alpha value is -2.35. The lowest BCUT2D eigenvalue weighted by Gasteiger charge is -2.15. The zero-order valence-electron chi connectivity index (χ0n) is 13.7. The molecule has 0 amide bonds. The third-order valence-corrected chi connectivity index (χ3v) is 4.43. The van der Waals surface area contributed by atoms with Crippen molar-refractivity contribution in [2.45, 2.75) is 6.61 Å². The number of aromatic hydroxyl groups is 1. The first-order valence-corrected chi connectivity index (χ1v) is 8.60. The average Bonchev–Trinajstić information content (AvgIpc) is 2.63. The van der Waals surface area contributed by atoms with E-state index >= 15 is 0 Å². The molecule has 2 aromatic heterocycles. The summed E-state index contributed by atoms with van der Waals surface area (Å²) in [6.07, 6.45) is 1.48. The molecule has 0 aliphatic carbocycles. The Balaban J connectivity index is 2.13. The highest BCUT2D eigenvalue weighted by Crippen LogP contribution is 2.42. The van der Waals surface area contributed by atoms with E-state index in [1.54, 1.807) is 12.1 Å². The first kappa shape index (κ1) is 19.4. The van der Waals surface area contributed by atoms with Crippen LogP contribution in [-0.4, -0.2) is 19.9 Å². The molecule has 0 aliphatic rings. The van der Waals surface area contributed by atoms with Crippen LogP contribution in [0.1, 0.15) is 5.56 Å². The van der Waals surface area contributed by atoms with Crippen molar-refractivity contribution < 1.29 is 14.2 Å². The molecule has 27 heavy (non-hydrogen) atoms. The summed E-state index contributed by atoms with van der Waals surface area (Å²) in [5.74, 6) is -1.61. The zero-order chi connectivity index (χ0) is 19.7. The number of nitrogens with zero attached hydrogens (tertiary/aromatic N) is 3. The molecule has 0 radical (unpaired) electrons. The molecule has 3 aromatic rings. The van der Waals surface area contributed by atoms with Gasteiger partial charge in [0.25, 0.3) is 5.56 Å². The van der Waals surface area contributed by atoms with Gasteiger partial charge in [0.15, 0.2) is 10.9 Å². The predicted octanol–water partition coefficient (Wildman–Crippen LogP) is 4.23. The second-order valence-electron chi connectivity index (χ2n) is 5.45. The molecule has 0 bridgehead atoms. The number of hydrogen-bond donors (Lipinski definition) is 1. The van der Waals surface area contributed by atoms with Gasteiger partial charge in [-0.25, -0.2) is 14.1 Å². The summed E-state index contributed by atoms with van der Waals surface area (Å²) in [7, 11) is 1.32. The average molecular weight is 431 g/mol. The van der Waals surface area contributed by atoms with Crippen LogP contribution in [0.5, 0.6) is 11.5 Å². The van der Waals surface area contributed by atoms with Crippen molar-refractivity contribution in [3.05, 3.63) is 67.5 Å². The van der Waals surface area contributed by atoms with E-state index in [9.17, 15) is 14.3 Å². The van der Waals surface area contributed by atoms with Crippen molar-refractivity contribution in [1.82, 2.24) is 14.8 Å². The minimum Gasteiger partial charge on any atom is -0.504 e. The number of rotatable bonds is 4. The van der Waals surface area contributed by atoms with E-state index in [4.69, 9.17) is 39.5 Å². The highest BCUT2D eigenvalue weighted by atomic mass is 35.5. The first-order chi connectivity index (χ1) is 12.8. The quantitative estimate of drug-likeness (QED) is 0.627. The number of ether oxygens (including phenoxy) is 1. The van der Waals surface area contributed by atoms with E-state index in [-0.39, 0.29) is 28.1 Å². The van der Waals surface area contributed by atoms with Gasteiger partial charge in [-0.15, -0.1) is 0 Å². The Labute approximate surface area is 167 Å². The lowest BCUT2D eigenvalue weighted by molar-refractivity contribution is 0.305. The van der Waals surface area contributed by atoms with Gasteiger partial charge in [0, 0.05) is 18.8 Å². The molecule has 1 aromatic carbocycles. The van der Waals surface area contributed by atoms with Gasteiger partial charge in [0.2, 0.25) is 0 Å². The Kier molecular flexibility index (Phi) is 5.55. The van der Waals surface area contributed by atoms with Crippen LogP contribution < -0.4 is 10.3 Å². The molecule has 0 aliphatic heterocycles. The van der Waals surface area contributed by atoms with E-state index < -0.39 is 22.7 Å². The number of aromatic nitrogens is 3. The summed E-state index contributed by atoms with van der Waals surface area (Å²) in [5, 5.41) is 13.8. The summed E-state index contributed by atoms with van der Waals surface area (Å²) >= 11 is 17.7. The normalized spacial score (nSPS) is 10.9. The second kappa shape index (κ2) is 7.72. The van der Waals surface area contributed by atoms with Crippen molar-refractivity contribution in [1.29, 1.82) is 0 Å². The monoisotopic (exact) mass is 429 g/mol. The van der Waals surface area contributed by atoms with Gasteiger partial charge in [0.1, 0.15) is 28.9 Å². The topological polar surface area (TPSA) is 77.2 Å². The molecular weight excluding hydrogens is 420 g/mol. The molecule has 0 unspecified atom stereocenters. The van der Waals surface area contributed by atoms with Crippen LogP contribution in [0.15, 0.2) is 35.3 Å². The smallest absolute Gasteiger partial charge is 0.278 e. The van der Waals surface area contributed by atoms with Crippen molar-refractivity contribution in [3.8, 4) is 22.6 Å². The molecule has 2 heterocycles. The number of aryl methyl sites for hydroxylation is 1. The predicted molar refractivity (Wildman–Crippen MR) is 100 cm³/mol. The van der Waals surface area contributed by atoms with Gasteiger partial charge in [-0.3, -0.25) is 4.79 Å². The van der Waals surface area contributed by atoms with E-state index in [0.717, 1.165) is 10.7 Å². The van der Waals surface area contributed by atoms with Crippen LogP contribution in [0.25, 0.3) is 11.1 Å². The molecule has 6 nitrogen and oxygen atoms in total. The Morgan fingerprint density at radius 3 is 2.59 bits per heavy atom. The summed E-state index contributed by atoms with van der Waals surface area (Å²) in [6.45, 7) is -0.0275. The molecule has 3 rings (SSSR count).